The smallest absolute Gasteiger partial charge is 0.318 e. The number of rotatable bonds is 4. The summed E-state index contributed by atoms with van der Waals surface area (Å²) in [4.78, 5) is 12.3. The summed E-state index contributed by atoms with van der Waals surface area (Å²) in [5, 5.41) is 0. The van der Waals surface area contributed by atoms with Crippen molar-refractivity contribution in [3.8, 4) is 0 Å². The van der Waals surface area contributed by atoms with E-state index in [0.29, 0.717) is 13.0 Å². The first-order valence-corrected chi connectivity index (χ1v) is 5.19. The van der Waals surface area contributed by atoms with Crippen molar-refractivity contribution < 1.29 is 13.2 Å². The molecule has 96 valence electrons. The number of pyridine rings is 1. The topological polar surface area (TPSA) is 25.2 Å². The van der Waals surface area contributed by atoms with Gasteiger partial charge in [0.15, 0.2) is 0 Å². The summed E-state index contributed by atoms with van der Waals surface area (Å²) in [7, 11) is 3.04. The third-order valence-electron chi connectivity index (χ3n) is 2.38. The van der Waals surface area contributed by atoms with Crippen molar-refractivity contribution in [1.82, 2.24) is 9.47 Å². The van der Waals surface area contributed by atoms with Gasteiger partial charge in [-0.25, -0.2) is 0 Å². The van der Waals surface area contributed by atoms with Crippen LogP contribution in [-0.4, -0.2) is 35.8 Å². The van der Waals surface area contributed by atoms with Crippen molar-refractivity contribution >= 4 is 0 Å². The van der Waals surface area contributed by atoms with E-state index < -0.39 is 12.7 Å². The molecule has 0 radical (unpaired) electrons. The molecule has 6 heteroatoms. The van der Waals surface area contributed by atoms with Crippen molar-refractivity contribution in [2.75, 3.05) is 20.1 Å². The van der Waals surface area contributed by atoms with Crippen LogP contribution in [0.3, 0.4) is 0 Å². The van der Waals surface area contributed by atoms with Gasteiger partial charge >= 0.3 is 6.18 Å². The molecule has 0 aliphatic rings. The molecule has 0 N–H and O–H groups in total. The zero-order chi connectivity index (χ0) is 13.1. The van der Waals surface area contributed by atoms with Crippen LogP contribution in [0.25, 0.3) is 0 Å². The van der Waals surface area contributed by atoms with Crippen LogP contribution in [0.15, 0.2) is 23.1 Å². The molecule has 0 saturated carbocycles. The molecule has 17 heavy (non-hydrogen) atoms. The molecular weight excluding hydrogens is 233 g/mol. The van der Waals surface area contributed by atoms with Gasteiger partial charge in [0.25, 0.3) is 0 Å². The van der Waals surface area contributed by atoms with Gasteiger partial charge in [-0.15, -0.1) is 0 Å². The Labute approximate surface area is 97.5 Å². The maximum Gasteiger partial charge on any atom is 0.401 e. The van der Waals surface area contributed by atoms with Gasteiger partial charge in [-0.1, -0.05) is 6.07 Å². The van der Waals surface area contributed by atoms with Crippen LogP contribution in [0, 0.1) is 0 Å². The Kier molecular flexibility index (Phi) is 4.34. The highest BCUT2D eigenvalue weighted by atomic mass is 19.4. The van der Waals surface area contributed by atoms with E-state index in [9.17, 15) is 18.0 Å². The van der Waals surface area contributed by atoms with Crippen molar-refractivity contribution in [2.24, 2.45) is 7.05 Å². The molecule has 1 heterocycles. The van der Waals surface area contributed by atoms with Gasteiger partial charge in [-0.2, -0.15) is 13.2 Å². The standard InChI is InChI=1S/C11H15F3N2O/c1-15(8-11(12,13)14)6-5-9-3-4-10(17)16(2)7-9/h3-4,7H,5-6,8H2,1-2H3. The highest BCUT2D eigenvalue weighted by molar-refractivity contribution is 5.10. The van der Waals surface area contributed by atoms with Crippen LogP contribution in [0.5, 0.6) is 0 Å². The normalized spacial score (nSPS) is 12.1. The molecule has 0 aromatic carbocycles. The number of aryl methyl sites for hydroxylation is 1. The van der Waals surface area contributed by atoms with E-state index in [4.69, 9.17) is 0 Å². The predicted molar refractivity (Wildman–Crippen MR) is 58.9 cm³/mol. The first-order chi connectivity index (χ1) is 7.78. The average molecular weight is 248 g/mol. The molecule has 0 saturated heterocycles. The van der Waals surface area contributed by atoms with E-state index in [1.54, 1.807) is 19.3 Å². The van der Waals surface area contributed by atoms with Gasteiger partial charge < -0.3 is 4.57 Å². The molecule has 0 bridgehead atoms. The number of aromatic nitrogens is 1. The Morgan fingerprint density at radius 2 is 2.00 bits per heavy atom. The van der Waals surface area contributed by atoms with Gasteiger partial charge in [0.05, 0.1) is 6.54 Å². The summed E-state index contributed by atoms with van der Waals surface area (Å²) < 4.78 is 37.6. The maximum absolute atomic E-state index is 12.1. The fourth-order valence-electron chi connectivity index (χ4n) is 1.50. The molecule has 0 fully saturated rings. The van der Waals surface area contributed by atoms with Gasteiger partial charge in [0.1, 0.15) is 0 Å². The predicted octanol–water partition coefficient (Wildman–Crippen LogP) is 1.42. The van der Waals surface area contributed by atoms with Gasteiger partial charge in [0.2, 0.25) is 5.56 Å². The molecule has 0 aliphatic carbocycles. The lowest BCUT2D eigenvalue weighted by Crippen LogP contribution is -2.32. The number of alkyl halides is 3. The molecule has 0 amide bonds. The molecule has 0 unspecified atom stereocenters. The highest BCUT2D eigenvalue weighted by Gasteiger charge is 2.28. The van der Waals surface area contributed by atoms with Gasteiger partial charge in [-0.3, -0.25) is 9.69 Å². The lowest BCUT2D eigenvalue weighted by Gasteiger charge is -2.18. The van der Waals surface area contributed by atoms with E-state index in [1.165, 1.54) is 22.6 Å². The monoisotopic (exact) mass is 248 g/mol. The molecule has 1 aromatic heterocycles. The average Bonchev–Trinajstić information content (AvgIpc) is 2.17. The quantitative estimate of drug-likeness (QED) is 0.805. The van der Waals surface area contributed by atoms with Crippen LogP contribution in [0.1, 0.15) is 5.56 Å². The van der Waals surface area contributed by atoms with Crippen molar-refractivity contribution in [1.29, 1.82) is 0 Å². The molecule has 1 rings (SSSR count). The van der Waals surface area contributed by atoms with Crippen LogP contribution < -0.4 is 5.56 Å². The summed E-state index contributed by atoms with van der Waals surface area (Å²) >= 11 is 0. The van der Waals surface area contributed by atoms with Gasteiger partial charge in [0, 0.05) is 25.9 Å². The van der Waals surface area contributed by atoms with Crippen molar-refractivity contribution in [3.63, 3.8) is 0 Å². The highest BCUT2D eigenvalue weighted by Crippen LogP contribution is 2.15. The number of hydrogen-bond donors (Lipinski definition) is 0. The lowest BCUT2D eigenvalue weighted by atomic mass is 10.2. The van der Waals surface area contributed by atoms with Crippen LogP contribution in [0.2, 0.25) is 0 Å². The van der Waals surface area contributed by atoms with Crippen molar-refractivity contribution in [3.05, 3.63) is 34.2 Å². The van der Waals surface area contributed by atoms with Crippen LogP contribution in [-0.2, 0) is 13.5 Å². The summed E-state index contributed by atoms with van der Waals surface area (Å²) in [6, 6.07) is 3.06. The minimum absolute atomic E-state index is 0.127. The SMILES string of the molecule is CN(CCc1ccc(=O)n(C)c1)CC(F)(F)F. The number of nitrogens with zero attached hydrogens (tertiary/aromatic N) is 2. The second kappa shape index (κ2) is 5.35. The Hall–Kier alpha value is -1.30. The number of hydrogen-bond acceptors (Lipinski definition) is 2. The Morgan fingerprint density at radius 3 is 2.53 bits per heavy atom. The summed E-state index contributed by atoms with van der Waals surface area (Å²) in [5.74, 6) is 0. The Bertz CT molecular complexity index is 425. The minimum atomic E-state index is -4.17. The van der Waals surface area contributed by atoms with E-state index in [-0.39, 0.29) is 5.56 Å². The second-order valence-electron chi connectivity index (χ2n) is 4.09. The largest absolute Gasteiger partial charge is 0.401 e. The third-order valence-corrected chi connectivity index (χ3v) is 2.38. The molecule has 0 aliphatic heterocycles. The molecule has 0 spiro atoms. The third kappa shape index (κ3) is 5.04. The summed E-state index contributed by atoms with van der Waals surface area (Å²) in [5.41, 5.74) is 0.721. The first kappa shape index (κ1) is 13.8. The molecule has 0 atom stereocenters. The van der Waals surface area contributed by atoms with E-state index in [2.05, 4.69) is 0 Å². The van der Waals surface area contributed by atoms with Crippen LogP contribution >= 0.6 is 0 Å². The fourth-order valence-corrected chi connectivity index (χ4v) is 1.50. The lowest BCUT2D eigenvalue weighted by molar-refractivity contribution is -0.142. The maximum atomic E-state index is 12.1. The van der Waals surface area contributed by atoms with Crippen LogP contribution in [0.4, 0.5) is 13.2 Å². The molecule has 1 aromatic rings. The number of halogens is 3. The second-order valence-corrected chi connectivity index (χ2v) is 4.09. The van der Waals surface area contributed by atoms with E-state index >= 15 is 0 Å². The van der Waals surface area contributed by atoms with E-state index in [0.717, 1.165) is 5.56 Å². The minimum Gasteiger partial charge on any atom is -0.318 e. The van der Waals surface area contributed by atoms with Crippen molar-refractivity contribution in [2.45, 2.75) is 12.6 Å². The number of likely N-dealkylation sites (N-methyl/N-ethyl adjacent to an activating group) is 1. The zero-order valence-electron chi connectivity index (χ0n) is 9.79. The summed E-state index contributed by atoms with van der Waals surface area (Å²) in [6.45, 7) is -0.615. The van der Waals surface area contributed by atoms with E-state index in [1.807, 2.05) is 0 Å². The molecular formula is C11H15F3N2O. The zero-order valence-corrected chi connectivity index (χ0v) is 9.79. The fraction of sp³-hybridized carbons (Fsp3) is 0.545. The summed E-state index contributed by atoms with van der Waals surface area (Å²) in [6.07, 6.45) is -2.04. The Balaban J connectivity index is 2.50. The molecule has 3 nitrogen and oxygen atoms in total. The van der Waals surface area contributed by atoms with Gasteiger partial charge in [-0.05, 0) is 19.0 Å². The Morgan fingerprint density at radius 1 is 1.35 bits per heavy atom. The first-order valence-electron chi connectivity index (χ1n) is 5.19.